The highest BCUT2D eigenvalue weighted by molar-refractivity contribution is 5.75. The molecular weight excluding hydrogens is 447 g/mol. The van der Waals surface area contributed by atoms with Gasteiger partial charge in [0.1, 0.15) is 5.69 Å². The van der Waals surface area contributed by atoms with Gasteiger partial charge in [0.2, 0.25) is 5.95 Å². The average Bonchev–Trinajstić information content (AvgIpc) is 3.22. The van der Waals surface area contributed by atoms with Gasteiger partial charge in [0.15, 0.2) is 0 Å². The molecule has 0 saturated carbocycles. The van der Waals surface area contributed by atoms with Crippen molar-refractivity contribution in [1.29, 1.82) is 0 Å². The lowest BCUT2D eigenvalue weighted by atomic mass is 9.69. The van der Waals surface area contributed by atoms with E-state index >= 15 is 0 Å². The summed E-state index contributed by atoms with van der Waals surface area (Å²) in [4.78, 5) is 23.5. The molecule has 0 radical (unpaired) electrons. The number of aromatic nitrogens is 4. The van der Waals surface area contributed by atoms with Crippen LogP contribution in [0.2, 0.25) is 0 Å². The zero-order valence-electron chi connectivity index (χ0n) is 18.9. The Labute approximate surface area is 194 Å². The number of hydrogen-bond acceptors (Lipinski definition) is 5. The number of halogens is 3. The Morgan fingerprint density at radius 1 is 1.24 bits per heavy atom. The number of carboxylic acids is 1. The second-order valence-corrected chi connectivity index (χ2v) is 9.13. The molecule has 0 amide bonds. The van der Waals surface area contributed by atoms with Gasteiger partial charge in [0.25, 0.3) is 0 Å². The van der Waals surface area contributed by atoms with Gasteiger partial charge in [0, 0.05) is 23.8 Å². The quantitative estimate of drug-likeness (QED) is 0.501. The molecule has 1 atom stereocenters. The third-order valence-corrected chi connectivity index (χ3v) is 5.96. The number of hydrogen-bond donors (Lipinski definition) is 2. The maximum atomic E-state index is 13.0. The summed E-state index contributed by atoms with van der Waals surface area (Å²) < 4.78 is 40.7. The highest BCUT2D eigenvalue weighted by Crippen LogP contribution is 2.43. The van der Waals surface area contributed by atoms with Crippen molar-refractivity contribution in [3.63, 3.8) is 0 Å². The van der Waals surface area contributed by atoms with Gasteiger partial charge in [-0.1, -0.05) is 19.9 Å². The number of aryl methyl sites for hydroxylation is 1. The Kier molecular flexibility index (Phi) is 5.93. The minimum Gasteiger partial charge on any atom is -0.481 e. The van der Waals surface area contributed by atoms with Gasteiger partial charge in [-0.3, -0.25) is 4.79 Å². The van der Waals surface area contributed by atoms with Crippen molar-refractivity contribution in [3.8, 4) is 5.69 Å². The number of nitrogens with one attached hydrogen (secondary N) is 1. The minimum atomic E-state index is -4.56. The topological polar surface area (TPSA) is 92.9 Å². The van der Waals surface area contributed by atoms with Gasteiger partial charge >= 0.3 is 12.1 Å². The van der Waals surface area contributed by atoms with Crippen molar-refractivity contribution in [2.45, 2.75) is 39.8 Å². The van der Waals surface area contributed by atoms with Crippen LogP contribution in [0.15, 0.2) is 49.1 Å². The fraction of sp³-hybridized carbons (Fsp3) is 0.333. The molecule has 0 bridgehead atoms. The zero-order chi connectivity index (χ0) is 24.7. The van der Waals surface area contributed by atoms with E-state index in [4.69, 9.17) is 0 Å². The van der Waals surface area contributed by atoms with Crippen LogP contribution in [0.4, 0.5) is 24.8 Å². The van der Waals surface area contributed by atoms with Crippen LogP contribution in [0.25, 0.3) is 11.3 Å². The SMILES string of the molecule is Cc1cc(Nc2nccc(C(F)(F)F)n2)cc(-n2cnc(C3=CCC(C(=O)O)C(C)(C)C3)c2)c1. The van der Waals surface area contributed by atoms with Crippen LogP contribution in [-0.4, -0.2) is 30.6 Å². The lowest BCUT2D eigenvalue weighted by molar-refractivity contribution is -0.146. The maximum absolute atomic E-state index is 13.0. The molecule has 1 aromatic carbocycles. The van der Waals surface area contributed by atoms with Crippen LogP contribution < -0.4 is 5.32 Å². The highest BCUT2D eigenvalue weighted by atomic mass is 19.4. The fourth-order valence-electron chi connectivity index (χ4n) is 4.22. The van der Waals surface area contributed by atoms with Crippen molar-refractivity contribution in [2.75, 3.05) is 5.32 Å². The van der Waals surface area contributed by atoms with E-state index in [-0.39, 0.29) is 5.95 Å². The molecule has 1 aliphatic rings. The largest absolute Gasteiger partial charge is 0.481 e. The summed E-state index contributed by atoms with van der Waals surface area (Å²) in [6.07, 6.45) is 3.00. The normalized spacial score (nSPS) is 17.8. The summed E-state index contributed by atoms with van der Waals surface area (Å²) in [5.41, 5.74) is 2.50. The van der Waals surface area contributed by atoms with Gasteiger partial charge in [-0.05, 0) is 60.6 Å². The molecule has 178 valence electrons. The summed E-state index contributed by atoms with van der Waals surface area (Å²) in [5.74, 6) is -1.39. The second kappa shape index (κ2) is 8.58. The molecule has 0 aliphatic heterocycles. The fourth-order valence-corrected chi connectivity index (χ4v) is 4.22. The Morgan fingerprint density at radius 2 is 2.00 bits per heavy atom. The molecule has 10 heteroatoms. The van der Waals surface area contributed by atoms with Crippen molar-refractivity contribution < 1.29 is 23.1 Å². The first-order valence-corrected chi connectivity index (χ1v) is 10.7. The molecule has 0 spiro atoms. The first-order valence-electron chi connectivity index (χ1n) is 10.7. The van der Waals surface area contributed by atoms with E-state index < -0.39 is 29.2 Å². The molecule has 2 aromatic heterocycles. The number of allylic oxidation sites excluding steroid dienone is 2. The average molecular weight is 471 g/mol. The molecular formula is C24H24F3N5O2. The number of nitrogens with zero attached hydrogens (tertiary/aromatic N) is 4. The molecule has 7 nitrogen and oxygen atoms in total. The summed E-state index contributed by atoms with van der Waals surface area (Å²) in [6.45, 7) is 5.77. The smallest absolute Gasteiger partial charge is 0.433 e. The van der Waals surface area contributed by atoms with Crippen LogP contribution in [0, 0.1) is 18.3 Å². The Hall–Kier alpha value is -3.69. The highest BCUT2D eigenvalue weighted by Gasteiger charge is 2.38. The van der Waals surface area contributed by atoms with E-state index in [1.165, 1.54) is 0 Å². The second-order valence-electron chi connectivity index (χ2n) is 9.13. The molecule has 0 fully saturated rings. The maximum Gasteiger partial charge on any atom is 0.433 e. The third kappa shape index (κ3) is 4.95. The molecule has 1 unspecified atom stereocenters. The number of aliphatic carboxylic acids is 1. The van der Waals surface area contributed by atoms with Gasteiger partial charge in [0.05, 0.1) is 17.9 Å². The minimum absolute atomic E-state index is 0.153. The van der Waals surface area contributed by atoms with E-state index in [1.807, 2.05) is 43.7 Å². The standard InChI is InChI=1S/C24H24F3N5O2/c1-14-8-16(30-22-28-7-6-20(31-22)24(25,26)27)10-17(9-14)32-12-19(29-13-32)15-4-5-18(21(33)34)23(2,3)11-15/h4,6-10,12-13,18H,5,11H2,1-3H3,(H,33,34)(H,28,30,31). The summed E-state index contributed by atoms with van der Waals surface area (Å²) in [5, 5.41) is 12.3. The molecule has 1 aliphatic carbocycles. The van der Waals surface area contributed by atoms with Crippen molar-refractivity contribution in [1.82, 2.24) is 19.5 Å². The zero-order valence-corrected chi connectivity index (χ0v) is 18.9. The van der Waals surface area contributed by atoms with Crippen molar-refractivity contribution >= 4 is 23.2 Å². The van der Waals surface area contributed by atoms with Gasteiger partial charge in [-0.25, -0.2) is 15.0 Å². The molecule has 2 heterocycles. The number of rotatable bonds is 5. The van der Waals surface area contributed by atoms with Crippen LogP contribution in [0.1, 0.15) is 43.6 Å². The number of alkyl halides is 3. The predicted molar refractivity (Wildman–Crippen MR) is 121 cm³/mol. The molecule has 34 heavy (non-hydrogen) atoms. The third-order valence-electron chi connectivity index (χ3n) is 5.96. The van der Waals surface area contributed by atoms with E-state index in [1.54, 1.807) is 18.5 Å². The Morgan fingerprint density at radius 3 is 2.68 bits per heavy atom. The van der Waals surface area contributed by atoms with Crippen LogP contribution >= 0.6 is 0 Å². The first kappa shape index (κ1) is 23.5. The van der Waals surface area contributed by atoms with E-state index in [0.717, 1.165) is 34.8 Å². The van der Waals surface area contributed by atoms with Gasteiger partial charge in [-0.2, -0.15) is 13.2 Å². The van der Waals surface area contributed by atoms with Gasteiger partial charge in [-0.15, -0.1) is 0 Å². The molecule has 4 rings (SSSR count). The number of carbonyl (C=O) groups is 1. The van der Waals surface area contributed by atoms with Crippen LogP contribution in [0.5, 0.6) is 0 Å². The Bertz CT molecular complexity index is 1260. The number of carboxylic acid groups (broad SMARTS) is 1. The lowest BCUT2D eigenvalue weighted by Gasteiger charge is -2.35. The predicted octanol–water partition coefficient (Wildman–Crippen LogP) is 5.64. The van der Waals surface area contributed by atoms with Crippen LogP contribution in [-0.2, 0) is 11.0 Å². The monoisotopic (exact) mass is 471 g/mol. The number of anilines is 2. The molecule has 3 aromatic rings. The molecule has 0 saturated heterocycles. The number of benzene rings is 1. The van der Waals surface area contributed by atoms with E-state index in [2.05, 4.69) is 20.3 Å². The van der Waals surface area contributed by atoms with Crippen molar-refractivity contribution in [2.24, 2.45) is 11.3 Å². The summed E-state index contributed by atoms with van der Waals surface area (Å²) >= 11 is 0. The summed E-state index contributed by atoms with van der Waals surface area (Å²) in [6, 6.07) is 6.29. The van der Waals surface area contributed by atoms with Crippen LogP contribution in [0.3, 0.4) is 0 Å². The van der Waals surface area contributed by atoms with Crippen molar-refractivity contribution in [3.05, 3.63) is 66.0 Å². The van der Waals surface area contributed by atoms with E-state index in [0.29, 0.717) is 18.5 Å². The first-order chi connectivity index (χ1) is 15.9. The van der Waals surface area contributed by atoms with E-state index in [9.17, 15) is 23.1 Å². The Balaban J connectivity index is 1.59. The summed E-state index contributed by atoms with van der Waals surface area (Å²) in [7, 11) is 0. The van der Waals surface area contributed by atoms with Gasteiger partial charge < -0.3 is 15.0 Å². The lowest BCUT2D eigenvalue weighted by Crippen LogP contribution is -2.33. The number of imidazole rings is 1. The molecule has 2 N–H and O–H groups in total.